The van der Waals surface area contributed by atoms with E-state index in [4.69, 9.17) is 4.74 Å². The molecule has 0 saturated heterocycles. The topological polar surface area (TPSA) is 95.9 Å². The lowest BCUT2D eigenvalue weighted by Crippen LogP contribution is -2.46. The quantitative estimate of drug-likeness (QED) is 0.0247. The van der Waals surface area contributed by atoms with E-state index in [0.717, 1.165) is 89.9 Å². The number of unbranched alkanes of at least 4 members (excludes halogenated alkanes) is 20. The maximum absolute atomic E-state index is 13.2. The molecule has 338 valence electrons. The van der Waals surface area contributed by atoms with Crippen LogP contribution >= 0.6 is 0 Å². The Morgan fingerprint density at radius 2 is 0.983 bits per heavy atom. The van der Waals surface area contributed by atoms with E-state index in [1.54, 1.807) is 0 Å². The first kappa shape index (κ1) is 56.0. The standard InChI is InChI=1S/C53H91NO5/c1-4-7-10-13-16-19-22-24-26-28-30-32-35-38-41-44-49(59-53(58)46-43-40-37-34-31-29-27-25-23-20-17-14-11-8-5-2)47-52(57)54-50(48-55)51(56)45-42-39-36-33-21-18-15-12-9-6-3/h8,11,14,16-17,19-20,23-27,29,31,49-51,55-56H,4-7,9-10,12-13,15,18,21-22,28,30,32-48H2,1-3H3,(H,54,57)/b11-8+,17-14+,19-16-,23-20-,26-24-,27-25-,31-29+. The molecule has 0 fully saturated rings. The maximum atomic E-state index is 13.2. The Labute approximate surface area is 363 Å². The van der Waals surface area contributed by atoms with Gasteiger partial charge in [0.05, 0.1) is 25.2 Å². The Bertz CT molecular complexity index is 1150. The van der Waals surface area contributed by atoms with Crippen LogP contribution in [0.5, 0.6) is 0 Å². The minimum atomic E-state index is -0.802. The summed E-state index contributed by atoms with van der Waals surface area (Å²) in [5.41, 5.74) is 0. The first-order valence-corrected chi connectivity index (χ1v) is 24.4. The number of amides is 1. The highest BCUT2D eigenvalue weighted by Gasteiger charge is 2.24. The first-order valence-electron chi connectivity index (χ1n) is 24.4. The Hall–Kier alpha value is -2.96. The average molecular weight is 822 g/mol. The zero-order chi connectivity index (χ0) is 43.1. The van der Waals surface area contributed by atoms with E-state index in [1.807, 2.05) is 42.5 Å². The van der Waals surface area contributed by atoms with E-state index >= 15 is 0 Å². The van der Waals surface area contributed by atoms with E-state index in [9.17, 15) is 19.8 Å². The number of rotatable bonds is 42. The van der Waals surface area contributed by atoms with E-state index in [2.05, 4.69) is 68.6 Å². The van der Waals surface area contributed by atoms with Crippen LogP contribution in [0.15, 0.2) is 85.1 Å². The van der Waals surface area contributed by atoms with Crippen molar-refractivity contribution in [2.45, 2.75) is 232 Å². The molecule has 0 rings (SSSR count). The van der Waals surface area contributed by atoms with Crippen LogP contribution in [-0.4, -0.2) is 46.9 Å². The smallest absolute Gasteiger partial charge is 0.306 e. The summed E-state index contributed by atoms with van der Waals surface area (Å²) >= 11 is 0. The van der Waals surface area contributed by atoms with Crippen molar-refractivity contribution in [3.05, 3.63) is 85.1 Å². The van der Waals surface area contributed by atoms with Gasteiger partial charge in [-0.15, -0.1) is 0 Å². The van der Waals surface area contributed by atoms with Gasteiger partial charge in [-0.25, -0.2) is 0 Å². The van der Waals surface area contributed by atoms with E-state index in [0.29, 0.717) is 19.3 Å². The van der Waals surface area contributed by atoms with Gasteiger partial charge in [-0.05, 0) is 77.0 Å². The molecular weight excluding hydrogens is 731 g/mol. The molecule has 3 atom stereocenters. The van der Waals surface area contributed by atoms with Gasteiger partial charge in [0.1, 0.15) is 6.10 Å². The monoisotopic (exact) mass is 822 g/mol. The molecule has 3 N–H and O–H groups in total. The SMILES string of the molecule is CC/C=C/C=C/C=C\C=C/C=C/CCCCCC(=O)OC(CCCCCCC/C=C\C/C=C\CCCCC)CC(=O)NC(CO)C(O)CCCCCCCCCCCC. The van der Waals surface area contributed by atoms with Crippen molar-refractivity contribution in [2.75, 3.05) is 6.61 Å². The zero-order valence-electron chi connectivity index (χ0n) is 38.4. The molecule has 3 unspecified atom stereocenters. The minimum absolute atomic E-state index is 0.0464. The molecule has 0 aromatic heterocycles. The second kappa shape index (κ2) is 46.1. The minimum Gasteiger partial charge on any atom is -0.462 e. The summed E-state index contributed by atoms with van der Waals surface area (Å²) in [4.78, 5) is 26.1. The lowest BCUT2D eigenvalue weighted by molar-refractivity contribution is -0.151. The van der Waals surface area contributed by atoms with Crippen LogP contribution in [0.3, 0.4) is 0 Å². The number of carbonyl (C=O) groups excluding carboxylic acids is 2. The van der Waals surface area contributed by atoms with Gasteiger partial charge in [0.2, 0.25) is 5.91 Å². The normalized spacial score (nSPS) is 14.1. The molecule has 0 spiro atoms. The maximum Gasteiger partial charge on any atom is 0.306 e. The molecule has 6 nitrogen and oxygen atoms in total. The molecule has 0 aliphatic heterocycles. The molecule has 0 aliphatic rings. The fourth-order valence-corrected chi connectivity index (χ4v) is 6.89. The fourth-order valence-electron chi connectivity index (χ4n) is 6.89. The van der Waals surface area contributed by atoms with Crippen molar-refractivity contribution in [3.63, 3.8) is 0 Å². The summed E-state index contributed by atoms with van der Waals surface area (Å²) in [5.74, 6) is -0.543. The Morgan fingerprint density at radius 1 is 0.525 bits per heavy atom. The number of allylic oxidation sites excluding steroid dienone is 14. The predicted octanol–water partition coefficient (Wildman–Crippen LogP) is 14.4. The summed E-state index contributed by atoms with van der Waals surface area (Å²) in [6.07, 6.45) is 59.2. The molecule has 59 heavy (non-hydrogen) atoms. The molecule has 0 aromatic carbocycles. The van der Waals surface area contributed by atoms with E-state index in [1.165, 1.54) is 77.0 Å². The molecule has 0 bridgehead atoms. The number of hydrogen-bond donors (Lipinski definition) is 3. The average Bonchev–Trinajstić information content (AvgIpc) is 3.23. The number of nitrogens with one attached hydrogen (secondary N) is 1. The van der Waals surface area contributed by atoms with Crippen LogP contribution in [0.1, 0.15) is 213 Å². The molecule has 1 amide bonds. The van der Waals surface area contributed by atoms with E-state index < -0.39 is 18.2 Å². The van der Waals surface area contributed by atoms with Crippen molar-refractivity contribution in [1.82, 2.24) is 5.32 Å². The molecule has 6 heteroatoms. The number of aliphatic hydroxyl groups excluding tert-OH is 2. The fraction of sp³-hybridized carbons (Fsp3) is 0.698. The third-order valence-electron chi connectivity index (χ3n) is 10.6. The largest absolute Gasteiger partial charge is 0.462 e. The Balaban J connectivity index is 4.73. The molecular formula is C53H91NO5. The number of ether oxygens (including phenoxy) is 1. The Kier molecular flexibility index (Phi) is 43.8. The van der Waals surface area contributed by atoms with Crippen molar-refractivity contribution < 1.29 is 24.5 Å². The van der Waals surface area contributed by atoms with Gasteiger partial charge in [0, 0.05) is 6.42 Å². The lowest BCUT2D eigenvalue weighted by atomic mass is 10.0. The van der Waals surface area contributed by atoms with Gasteiger partial charge in [-0.1, -0.05) is 209 Å². The molecule has 0 heterocycles. The summed E-state index contributed by atoms with van der Waals surface area (Å²) in [6, 6.07) is -0.718. The van der Waals surface area contributed by atoms with Crippen LogP contribution < -0.4 is 5.32 Å². The predicted molar refractivity (Wildman–Crippen MR) is 254 cm³/mol. The number of esters is 1. The van der Waals surface area contributed by atoms with Gasteiger partial charge in [-0.3, -0.25) is 9.59 Å². The van der Waals surface area contributed by atoms with Crippen LogP contribution in [-0.2, 0) is 14.3 Å². The van der Waals surface area contributed by atoms with Crippen LogP contribution in [0, 0.1) is 0 Å². The first-order chi connectivity index (χ1) is 29.0. The van der Waals surface area contributed by atoms with Crippen LogP contribution in [0.4, 0.5) is 0 Å². The molecule has 0 aliphatic carbocycles. The second-order valence-corrected chi connectivity index (χ2v) is 16.2. The Morgan fingerprint density at radius 3 is 1.56 bits per heavy atom. The highest BCUT2D eigenvalue weighted by Crippen LogP contribution is 2.17. The third kappa shape index (κ3) is 41.6. The van der Waals surface area contributed by atoms with Crippen molar-refractivity contribution in [2.24, 2.45) is 0 Å². The summed E-state index contributed by atoms with van der Waals surface area (Å²) in [7, 11) is 0. The van der Waals surface area contributed by atoms with Gasteiger partial charge < -0.3 is 20.3 Å². The van der Waals surface area contributed by atoms with Crippen molar-refractivity contribution in [1.29, 1.82) is 0 Å². The lowest BCUT2D eigenvalue weighted by Gasteiger charge is -2.24. The third-order valence-corrected chi connectivity index (χ3v) is 10.6. The molecule has 0 radical (unpaired) electrons. The second-order valence-electron chi connectivity index (χ2n) is 16.2. The van der Waals surface area contributed by atoms with Gasteiger partial charge in [0.15, 0.2) is 0 Å². The van der Waals surface area contributed by atoms with Gasteiger partial charge in [0.25, 0.3) is 0 Å². The van der Waals surface area contributed by atoms with Crippen LogP contribution in [0.2, 0.25) is 0 Å². The summed E-state index contributed by atoms with van der Waals surface area (Å²) in [6.45, 7) is 6.28. The molecule has 0 saturated carbocycles. The zero-order valence-corrected chi connectivity index (χ0v) is 38.4. The highest BCUT2D eigenvalue weighted by atomic mass is 16.5. The van der Waals surface area contributed by atoms with Crippen LogP contribution in [0.25, 0.3) is 0 Å². The van der Waals surface area contributed by atoms with Crippen molar-refractivity contribution >= 4 is 11.9 Å². The number of carbonyl (C=O) groups is 2. The number of hydrogen-bond acceptors (Lipinski definition) is 5. The molecule has 0 aromatic rings. The van der Waals surface area contributed by atoms with Gasteiger partial charge >= 0.3 is 5.97 Å². The number of aliphatic hydroxyl groups is 2. The van der Waals surface area contributed by atoms with E-state index in [-0.39, 0.29) is 24.9 Å². The summed E-state index contributed by atoms with van der Waals surface area (Å²) < 4.78 is 5.90. The summed E-state index contributed by atoms with van der Waals surface area (Å²) in [5, 5.41) is 23.7. The van der Waals surface area contributed by atoms with Crippen molar-refractivity contribution in [3.8, 4) is 0 Å². The highest BCUT2D eigenvalue weighted by molar-refractivity contribution is 5.77. The van der Waals surface area contributed by atoms with Gasteiger partial charge in [-0.2, -0.15) is 0 Å².